The van der Waals surface area contributed by atoms with E-state index in [-0.39, 0.29) is 16.1 Å². The van der Waals surface area contributed by atoms with E-state index < -0.39 is 23.5 Å². The van der Waals surface area contributed by atoms with Crippen LogP contribution in [0, 0.1) is 0 Å². The molecule has 0 saturated heterocycles. The number of halogens is 1. The molecule has 142 valence electrons. The highest BCUT2D eigenvalue weighted by molar-refractivity contribution is 6.32. The van der Waals surface area contributed by atoms with Crippen molar-refractivity contribution >= 4 is 23.5 Å². The highest BCUT2D eigenvalue weighted by Gasteiger charge is 2.25. The van der Waals surface area contributed by atoms with Crippen molar-refractivity contribution in [1.29, 1.82) is 0 Å². The molecule has 8 heteroatoms. The van der Waals surface area contributed by atoms with Gasteiger partial charge in [0, 0.05) is 5.69 Å². The van der Waals surface area contributed by atoms with Gasteiger partial charge in [0.15, 0.2) is 6.04 Å². The summed E-state index contributed by atoms with van der Waals surface area (Å²) < 4.78 is 5.05. The number of methoxy groups -OCH3 is 1. The minimum atomic E-state index is -1.35. The van der Waals surface area contributed by atoms with Crippen LogP contribution < -0.4 is 15.6 Å². The van der Waals surface area contributed by atoms with Crippen LogP contribution in [0.2, 0.25) is 5.02 Å². The van der Waals surface area contributed by atoms with E-state index in [0.29, 0.717) is 5.75 Å². The summed E-state index contributed by atoms with van der Waals surface area (Å²) in [6.07, 6.45) is 3.54. The van der Waals surface area contributed by atoms with Gasteiger partial charge in [0.25, 0.3) is 11.5 Å². The van der Waals surface area contributed by atoms with Gasteiger partial charge in [-0.1, -0.05) is 17.7 Å². The molecule has 1 amide bonds. The molecule has 1 unspecified atom stereocenters. The summed E-state index contributed by atoms with van der Waals surface area (Å²) in [5, 5.41) is 12.2. The van der Waals surface area contributed by atoms with Crippen LogP contribution in [-0.2, 0) is 17.6 Å². The van der Waals surface area contributed by atoms with Gasteiger partial charge in [-0.25, -0.2) is 4.79 Å². The van der Waals surface area contributed by atoms with Crippen LogP contribution in [0.5, 0.6) is 5.75 Å². The number of aromatic nitrogens is 1. The van der Waals surface area contributed by atoms with E-state index in [1.807, 2.05) is 0 Å². The molecule has 7 nitrogen and oxygen atoms in total. The lowest BCUT2D eigenvalue weighted by Gasteiger charge is -2.18. The van der Waals surface area contributed by atoms with Crippen LogP contribution >= 0.6 is 11.6 Å². The van der Waals surface area contributed by atoms with Crippen molar-refractivity contribution in [2.24, 2.45) is 0 Å². The standard InChI is InChI=1S/C19H19ClN2O5/c1-27-15-7-6-11(9-13(15)20)16(19(25)26)22-18(24)12-8-10-4-2-3-5-14(10)21-17(12)23/h6-9,16H,2-5H2,1H3,(H,21,23)(H,22,24)(H,25,26). The zero-order valence-corrected chi connectivity index (χ0v) is 15.4. The third-order valence-electron chi connectivity index (χ3n) is 4.61. The predicted molar refractivity (Wildman–Crippen MR) is 99.6 cm³/mol. The molecule has 1 aliphatic rings. The van der Waals surface area contributed by atoms with Crippen molar-refractivity contribution in [2.45, 2.75) is 31.7 Å². The van der Waals surface area contributed by atoms with Crippen molar-refractivity contribution < 1.29 is 19.4 Å². The van der Waals surface area contributed by atoms with Gasteiger partial charge in [-0.2, -0.15) is 0 Å². The minimum absolute atomic E-state index is 0.0958. The summed E-state index contributed by atoms with van der Waals surface area (Å²) >= 11 is 6.05. The molecule has 1 heterocycles. The van der Waals surface area contributed by atoms with Crippen LogP contribution in [-0.4, -0.2) is 29.1 Å². The van der Waals surface area contributed by atoms with Crippen molar-refractivity contribution in [3.05, 3.63) is 62.0 Å². The number of aliphatic carboxylic acids is 1. The normalized spacial score (nSPS) is 14.1. The van der Waals surface area contributed by atoms with Crippen LogP contribution in [0.4, 0.5) is 0 Å². The second-order valence-electron chi connectivity index (χ2n) is 6.36. The second kappa shape index (κ2) is 7.84. The van der Waals surface area contributed by atoms with Crippen LogP contribution in [0.1, 0.15) is 46.1 Å². The lowest BCUT2D eigenvalue weighted by atomic mass is 9.95. The van der Waals surface area contributed by atoms with E-state index in [0.717, 1.165) is 36.9 Å². The Hall–Kier alpha value is -2.80. The van der Waals surface area contributed by atoms with E-state index in [9.17, 15) is 19.5 Å². The Bertz CT molecular complexity index is 954. The highest BCUT2D eigenvalue weighted by atomic mass is 35.5. The first-order valence-corrected chi connectivity index (χ1v) is 8.90. The number of carboxylic acid groups (broad SMARTS) is 1. The summed E-state index contributed by atoms with van der Waals surface area (Å²) in [6, 6.07) is 4.64. The van der Waals surface area contributed by atoms with E-state index in [1.165, 1.54) is 25.3 Å². The monoisotopic (exact) mass is 390 g/mol. The molecule has 0 fully saturated rings. The Morgan fingerprint density at radius 3 is 2.67 bits per heavy atom. The molecule has 3 N–H and O–H groups in total. The molecular weight excluding hydrogens is 372 g/mol. The molecule has 1 atom stereocenters. The molecule has 1 aromatic heterocycles. The third kappa shape index (κ3) is 3.98. The molecule has 0 saturated carbocycles. The highest BCUT2D eigenvalue weighted by Crippen LogP contribution is 2.28. The number of benzene rings is 1. The average Bonchev–Trinajstić information content (AvgIpc) is 2.65. The molecule has 0 spiro atoms. The van der Waals surface area contributed by atoms with Crippen molar-refractivity contribution in [3.8, 4) is 5.75 Å². The molecule has 1 aromatic carbocycles. The lowest BCUT2D eigenvalue weighted by molar-refractivity contribution is -0.139. The lowest BCUT2D eigenvalue weighted by Crippen LogP contribution is -2.37. The first-order valence-electron chi connectivity index (χ1n) is 8.53. The second-order valence-corrected chi connectivity index (χ2v) is 6.77. The number of aromatic amines is 1. The maximum Gasteiger partial charge on any atom is 0.330 e. The van der Waals surface area contributed by atoms with Gasteiger partial charge in [0.05, 0.1) is 12.1 Å². The van der Waals surface area contributed by atoms with Crippen molar-refractivity contribution in [3.63, 3.8) is 0 Å². The summed E-state index contributed by atoms with van der Waals surface area (Å²) in [4.78, 5) is 39.3. The van der Waals surface area contributed by atoms with E-state index in [1.54, 1.807) is 6.07 Å². The molecule has 0 bridgehead atoms. The molecule has 0 radical (unpaired) electrons. The van der Waals surface area contributed by atoms with Gasteiger partial charge in [-0.05, 0) is 55.0 Å². The maximum absolute atomic E-state index is 12.6. The van der Waals surface area contributed by atoms with E-state index in [2.05, 4.69) is 10.3 Å². The summed E-state index contributed by atoms with van der Waals surface area (Å²) in [5.74, 6) is -1.62. The zero-order chi connectivity index (χ0) is 19.6. The van der Waals surface area contributed by atoms with Gasteiger partial charge < -0.3 is 20.1 Å². The number of ether oxygens (including phenoxy) is 1. The fraction of sp³-hybridized carbons (Fsp3) is 0.316. The number of fused-ring (bicyclic) bond motifs is 1. The number of amides is 1. The Balaban J connectivity index is 1.89. The zero-order valence-electron chi connectivity index (χ0n) is 14.7. The Kier molecular flexibility index (Phi) is 5.51. The maximum atomic E-state index is 12.6. The van der Waals surface area contributed by atoms with E-state index in [4.69, 9.17) is 16.3 Å². The number of carbonyl (C=O) groups excluding carboxylic acids is 1. The largest absolute Gasteiger partial charge is 0.495 e. The number of hydrogen-bond donors (Lipinski definition) is 3. The summed E-state index contributed by atoms with van der Waals surface area (Å²) in [5.41, 5.74) is 1.42. The molecule has 2 aromatic rings. The molecule has 1 aliphatic carbocycles. The first-order chi connectivity index (χ1) is 12.9. The smallest absolute Gasteiger partial charge is 0.330 e. The average molecular weight is 391 g/mol. The van der Waals surface area contributed by atoms with Crippen molar-refractivity contribution in [2.75, 3.05) is 7.11 Å². The van der Waals surface area contributed by atoms with Gasteiger partial charge in [0.2, 0.25) is 0 Å². The molecule has 0 aliphatic heterocycles. The number of aryl methyl sites for hydroxylation is 2. The Morgan fingerprint density at radius 2 is 2.00 bits per heavy atom. The number of rotatable bonds is 5. The Labute approximate surface area is 160 Å². The third-order valence-corrected chi connectivity index (χ3v) is 4.91. The SMILES string of the molecule is COc1ccc(C(NC(=O)c2cc3c([nH]c2=O)CCCC3)C(=O)O)cc1Cl. The predicted octanol–water partition coefficient (Wildman–Crippen LogP) is 2.47. The summed E-state index contributed by atoms with van der Waals surface area (Å²) in [6.45, 7) is 0. The van der Waals surface area contributed by atoms with Gasteiger partial charge >= 0.3 is 5.97 Å². The van der Waals surface area contributed by atoms with Gasteiger partial charge in [-0.15, -0.1) is 0 Å². The number of pyridine rings is 1. The number of hydrogen-bond acceptors (Lipinski definition) is 4. The van der Waals surface area contributed by atoms with Crippen LogP contribution in [0.3, 0.4) is 0 Å². The number of carbonyl (C=O) groups is 2. The first kappa shape index (κ1) is 19.0. The van der Waals surface area contributed by atoms with Crippen molar-refractivity contribution in [1.82, 2.24) is 10.3 Å². The topological polar surface area (TPSA) is 108 Å². The summed E-state index contributed by atoms with van der Waals surface area (Å²) in [7, 11) is 1.44. The number of nitrogens with one attached hydrogen (secondary N) is 2. The van der Waals surface area contributed by atoms with Gasteiger partial charge in [-0.3, -0.25) is 9.59 Å². The number of carboxylic acids is 1. The molecule has 3 rings (SSSR count). The number of H-pyrrole nitrogens is 1. The Morgan fingerprint density at radius 1 is 1.26 bits per heavy atom. The minimum Gasteiger partial charge on any atom is -0.495 e. The fourth-order valence-electron chi connectivity index (χ4n) is 3.20. The quantitative estimate of drug-likeness (QED) is 0.726. The van der Waals surface area contributed by atoms with Crippen LogP contribution in [0.25, 0.3) is 0 Å². The van der Waals surface area contributed by atoms with Gasteiger partial charge in [0.1, 0.15) is 11.3 Å². The van der Waals surface area contributed by atoms with E-state index >= 15 is 0 Å². The fourth-order valence-corrected chi connectivity index (χ4v) is 3.47. The van der Waals surface area contributed by atoms with Crippen LogP contribution in [0.15, 0.2) is 29.1 Å². The molecular formula is C19H19ClN2O5. The molecule has 27 heavy (non-hydrogen) atoms.